The van der Waals surface area contributed by atoms with Gasteiger partial charge in [-0.25, -0.2) is 0 Å². The number of rotatable bonds is 2. The Labute approximate surface area is 61.5 Å². The predicted octanol–water partition coefficient (Wildman–Crippen LogP) is 1.53. The topological polar surface area (TPSA) is 52.6 Å². The van der Waals surface area contributed by atoms with Crippen LogP contribution in [0.3, 0.4) is 0 Å². The van der Waals surface area contributed by atoms with Gasteiger partial charge in [-0.05, 0) is 13.8 Å². The highest BCUT2D eigenvalue weighted by molar-refractivity contribution is 7.33. The highest BCUT2D eigenvalue weighted by Crippen LogP contribution is 2.18. The quantitative estimate of drug-likeness (QED) is 0.585. The molecule has 0 radical (unpaired) electrons. The number of Topliss-reactive ketones (excluding diaryl/α,β-unsaturated/α-hetero) is 1. The summed E-state index contributed by atoms with van der Waals surface area (Å²) < 4.78 is 18.3. The van der Waals surface area contributed by atoms with Gasteiger partial charge in [-0.3, -0.25) is 0 Å². The lowest BCUT2D eigenvalue weighted by Gasteiger charge is -1.66. The van der Waals surface area contributed by atoms with Crippen LogP contribution in [0.15, 0.2) is 0 Å². The van der Waals surface area contributed by atoms with Crippen LogP contribution in [-0.4, -0.2) is 20.0 Å². The number of carbonyl (C=O) groups is 1. The molecule has 0 aromatic heterocycles. The number of carbonyl (C=O) groups excluding carboxylic acids is 1. The van der Waals surface area contributed by atoms with Gasteiger partial charge in [-0.2, -0.15) is 0 Å². The molecule has 0 N–H and O–H groups in total. The lowest BCUT2D eigenvalue weighted by atomic mass is 10.6. The first-order valence-electron chi connectivity index (χ1n) is 2.57. The molecule has 60 valence electrons. The first-order valence-corrected chi connectivity index (χ1v) is 3.66. The van der Waals surface area contributed by atoms with E-state index in [1.54, 1.807) is 0 Å². The predicted molar refractivity (Wildman–Crippen MR) is 38.0 cm³/mol. The molecule has 0 atom stereocenters. The van der Waals surface area contributed by atoms with Gasteiger partial charge < -0.3 is 4.79 Å². The van der Waals surface area contributed by atoms with E-state index in [9.17, 15) is 9.36 Å². The first kappa shape index (κ1) is 12.4. The lowest BCUT2D eigenvalue weighted by Crippen LogP contribution is -1.69. The molecule has 0 aromatic rings. The molecule has 0 heterocycles. The number of hydrogen-bond acceptors (Lipinski definition) is 4. The molecule has 0 unspecified atom stereocenters. The summed E-state index contributed by atoms with van der Waals surface area (Å²) in [5.41, 5.74) is 0. The summed E-state index contributed by atoms with van der Waals surface area (Å²) in [5, 5.41) is 0. The molecule has 0 rings (SSSR count). The summed E-state index contributed by atoms with van der Waals surface area (Å²) >= 11 is 0. The van der Waals surface area contributed by atoms with Gasteiger partial charge in [-0.1, -0.05) is 0 Å². The molecule has 0 aliphatic heterocycles. The Morgan fingerprint density at radius 3 is 1.40 bits per heavy atom. The van der Waals surface area contributed by atoms with Crippen LogP contribution in [0.25, 0.3) is 0 Å². The molecule has 0 spiro atoms. The average molecular weight is 167 g/mol. The largest absolute Gasteiger partial charge is 0.696 e. The normalized spacial score (nSPS) is 7.60. The fourth-order valence-electron chi connectivity index (χ4n) is 0.0745. The number of hydrogen-bond donors (Lipinski definition) is 0. The van der Waals surface area contributed by atoms with Crippen molar-refractivity contribution in [3.8, 4) is 0 Å². The van der Waals surface area contributed by atoms with Crippen molar-refractivity contribution in [3.63, 3.8) is 0 Å². The first-order chi connectivity index (χ1) is 4.54. The fourth-order valence-corrected chi connectivity index (χ4v) is 0.224. The monoisotopic (exact) mass is 167 g/mol. The van der Waals surface area contributed by atoms with E-state index >= 15 is 0 Å². The maximum Gasteiger partial charge on any atom is 0.696 e. The van der Waals surface area contributed by atoms with E-state index < -0.39 is 8.25 Å². The van der Waals surface area contributed by atoms with Crippen molar-refractivity contribution in [2.24, 2.45) is 0 Å². The van der Waals surface area contributed by atoms with Crippen LogP contribution in [0.4, 0.5) is 0 Å². The van der Waals surface area contributed by atoms with Crippen molar-refractivity contribution in [3.05, 3.63) is 0 Å². The Kier molecular flexibility index (Phi) is 10.8. The maximum atomic E-state index is 9.88. The van der Waals surface area contributed by atoms with Crippen LogP contribution in [-0.2, 0) is 18.4 Å². The third-order valence-corrected chi connectivity index (χ3v) is 0.894. The second-order valence-corrected chi connectivity index (χ2v) is 2.67. The Hall–Kier alpha value is -0.310. The summed E-state index contributed by atoms with van der Waals surface area (Å²) in [6.07, 6.45) is 0. The molecule has 0 aliphatic rings. The second-order valence-electron chi connectivity index (χ2n) is 1.50. The van der Waals surface area contributed by atoms with Crippen molar-refractivity contribution in [2.45, 2.75) is 13.8 Å². The van der Waals surface area contributed by atoms with Gasteiger partial charge in [-0.15, -0.1) is 9.05 Å². The van der Waals surface area contributed by atoms with E-state index in [1.807, 2.05) is 0 Å². The Bertz CT molecular complexity index is 102. The van der Waals surface area contributed by atoms with Crippen LogP contribution in [0.1, 0.15) is 13.8 Å². The van der Waals surface area contributed by atoms with Gasteiger partial charge >= 0.3 is 8.25 Å². The zero-order chi connectivity index (χ0) is 8.57. The maximum absolute atomic E-state index is 9.88. The summed E-state index contributed by atoms with van der Waals surface area (Å²) in [5.74, 6) is 0.167. The molecule has 0 amide bonds. The zero-order valence-corrected chi connectivity index (χ0v) is 7.47. The van der Waals surface area contributed by atoms with Crippen LogP contribution in [0.2, 0.25) is 0 Å². The minimum absolute atomic E-state index is 0.167. The van der Waals surface area contributed by atoms with E-state index in [-0.39, 0.29) is 5.78 Å². The van der Waals surface area contributed by atoms with E-state index in [2.05, 4.69) is 9.05 Å². The van der Waals surface area contributed by atoms with Gasteiger partial charge in [0.25, 0.3) is 0 Å². The van der Waals surface area contributed by atoms with Gasteiger partial charge in [0.2, 0.25) is 0 Å². The third kappa shape index (κ3) is 25.3. The minimum Gasteiger partial charge on any atom is -0.300 e. The van der Waals surface area contributed by atoms with Crippen LogP contribution in [0, 0.1) is 0 Å². The second kappa shape index (κ2) is 8.69. The van der Waals surface area contributed by atoms with Crippen molar-refractivity contribution < 1.29 is 18.4 Å². The molecule has 0 saturated heterocycles. The molecule has 0 saturated carbocycles. The van der Waals surface area contributed by atoms with E-state index in [0.717, 1.165) is 0 Å². The molecule has 10 heavy (non-hydrogen) atoms. The summed E-state index contributed by atoms with van der Waals surface area (Å²) in [4.78, 5) is 9.44. The highest BCUT2D eigenvalue weighted by atomic mass is 31.1. The van der Waals surface area contributed by atoms with Crippen LogP contribution < -0.4 is 0 Å². The minimum atomic E-state index is -1.83. The Balaban J connectivity index is 0. The van der Waals surface area contributed by atoms with Crippen molar-refractivity contribution >= 4 is 14.0 Å². The SMILES string of the molecule is CC(C)=O.CO[P+](=O)OC. The van der Waals surface area contributed by atoms with Crippen LogP contribution in [0.5, 0.6) is 0 Å². The van der Waals surface area contributed by atoms with Crippen LogP contribution >= 0.6 is 8.25 Å². The van der Waals surface area contributed by atoms with Crippen molar-refractivity contribution in [1.82, 2.24) is 0 Å². The Morgan fingerprint density at radius 2 is 1.40 bits per heavy atom. The van der Waals surface area contributed by atoms with Gasteiger partial charge in [0.05, 0.1) is 14.2 Å². The molecule has 0 aliphatic carbocycles. The zero-order valence-electron chi connectivity index (χ0n) is 6.58. The van der Waals surface area contributed by atoms with Crippen molar-refractivity contribution in [1.29, 1.82) is 0 Å². The molecule has 4 nitrogen and oxygen atoms in total. The molecule has 0 fully saturated rings. The molecular formula is C5H12O4P+. The van der Waals surface area contributed by atoms with Gasteiger partial charge in [0.1, 0.15) is 5.78 Å². The standard InChI is InChI=1S/C3H6O.C2H6O3P/c1-3(2)4;1-4-6(3)5-2/h1-2H3;1-2H3/q;+1. The van der Waals surface area contributed by atoms with E-state index in [4.69, 9.17) is 0 Å². The fraction of sp³-hybridized carbons (Fsp3) is 0.800. The average Bonchev–Trinajstić information content (AvgIpc) is 1.85. The molecular weight excluding hydrogens is 155 g/mol. The Morgan fingerprint density at radius 1 is 1.20 bits per heavy atom. The lowest BCUT2D eigenvalue weighted by molar-refractivity contribution is -0.114. The van der Waals surface area contributed by atoms with Gasteiger partial charge in [0, 0.05) is 4.57 Å². The molecule has 5 heteroatoms. The summed E-state index contributed by atoms with van der Waals surface area (Å²) in [6, 6.07) is 0. The summed E-state index contributed by atoms with van der Waals surface area (Å²) in [7, 11) is 0.817. The van der Waals surface area contributed by atoms with E-state index in [1.165, 1.54) is 28.1 Å². The smallest absolute Gasteiger partial charge is 0.300 e. The van der Waals surface area contributed by atoms with Crippen molar-refractivity contribution in [2.75, 3.05) is 14.2 Å². The molecule has 0 aromatic carbocycles. The number of ketones is 1. The van der Waals surface area contributed by atoms with E-state index in [0.29, 0.717) is 0 Å². The van der Waals surface area contributed by atoms with Gasteiger partial charge in [0.15, 0.2) is 0 Å². The molecule has 0 bridgehead atoms. The highest BCUT2D eigenvalue weighted by Gasteiger charge is 2.10. The third-order valence-electron chi connectivity index (χ3n) is 0.298. The summed E-state index contributed by atoms with van der Waals surface area (Å²) in [6.45, 7) is 3.06.